The zero-order valence-corrected chi connectivity index (χ0v) is 21.2. The van der Waals surface area contributed by atoms with E-state index in [9.17, 15) is 4.79 Å². The van der Waals surface area contributed by atoms with E-state index in [1.807, 2.05) is 68.1 Å². The largest absolute Gasteiger partial charge is 0.490 e. The Morgan fingerprint density at radius 2 is 1.91 bits per heavy atom. The molecule has 0 saturated carbocycles. The summed E-state index contributed by atoms with van der Waals surface area (Å²) in [5, 5.41) is 7.58. The Kier molecular flexibility index (Phi) is 6.07. The van der Waals surface area contributed by atoms with Crippen LogP contribution < -0.4 is 25.0 Å². The Morgan fingerprint density at radius 1 is 1.17 bits per heavy atom. The number of hydrogen-bond donors (Lipinski definition) is 2. The van der Waals surface area contributed by atoms with Crippen molar-refractivity contribution >= 4 is 46.2 Å². The first-order chi connectivity index (χ1) is 16.8. The molecule has 6 nitrogen and oxygen atoms in total. The standard InChI is InChI=1S/C27H26ClN3O3S/c1-4-33-21-11-7-9-19-23-22(25(32)29-18-14-12-17(28)13-15-18)27(3,34-24(19)21)31(26(35)30-23)20-10-6-5-8-16(20)2/h5-15,22-23H,4H2,1-3H3,(H,29,32)(H,30,35). The first-order valence-corrected chi connectivity index (χ1v) is 12.3. The van der Waals surface area contributed by atoms with E-state index < -0.39 is 17.7 Å². The van der Waals surface area contributed by atoms with Crippen LogP contribution in [-0.4, -0.2) is 23.4 Å². The molecule has 1 fully saturated rings. The Balaban J connectivity index is 1.65. The Labute approximate surface area is 215 Å². The molecule has 2 heterocycles. The van der Waals surface area contributed by atoms with Gasteiger partial charge in [-0.15, -0.1) is 0 Å². The minimum absolute atomic E-state index is 0.194. The fraction of sp³-hybridized carbons (Fsp3) is 0.259. The summed E-state index contributed by atoms with van der Waals surface area (Å²) in [4.78, 5) is 15.8. The highest BCUT2D eigenvalue weighted by atomic mass is 35.5. The van der Waals surface area contributed by atoms with Crippen LogP contribution in [0.1, 0.15) is 31.0 Å². The van der Waals surface area contributed by atoms with E-state index in [2.05, 4.69) is 10.6 Å². The lowest BCUT2D eigenvalue weighted by Gasteiger charge is -2.56. The van der Waals surface area contributed by atoms with Gasteiger partial charge in [-0.1, -0.05) is 41.9 Å². The van der Waals surface area contributed by atoms with Crippen molar-refractivity contribution in [2.45, 2.75) is 32.5 Å². The predicted octanol–water partition coefficient (Wildman–Crippen LogP) is 5.85. The van der Waals surface area contributed by atoms with Gasteiger partial charge in [-0.05, 0) is 75.0 Å². The van der Waals surface area contributed by atoms with E-state index in [4.69, 9.17) is 33.3 Å². The van der Waals surface area contributed by atoms with E-state index in [0.717, 1.165) is 16.8 Å². The van der Waals surface area contributed by atoms with Crippen LogP contribution in [0.4, 0.5) is 11.4 Å². The summed E-state index contributed by atoms with van der Waals surface area (Å²) in [6, 6.07) is 20.3. The van der Waals surface area contributed by atoms with Crippen molar-refractivity contribution in [1.82, 2.24) is 5.32 Å². The van der Waals surface area contributed by atoms with Crippen molar-refractivity contribution in [3.8, 4) is 11.5 Å². The van der Waals surface area contributed by atoms with Gasteiger partial charge in [0.05, 0.1) is 12.6 Å². The zero-order chi connectivity index (χ0) is 24.7. The number of amides is 1. The number of nitrogens with zero attached hydrogens (tertiary/aromatic N) is 1. The molecule has 1 amide bonds. The van der Waals surface area contributed by atoms with E-state index in [1.54, 1.807) is 24.3 Å². The topological polar surface area (TPSA) is 62.8 Å². The van der Waals surface area contributed by atoms with Crippen molar-refractivity contribution in [3.05, 3.63) is 82.9 Å². The molecule has 2 N–H and O–H groups in total. The van der Waals surface area contributed by atoms with Gasteiger partial charge in [0.2, 0.25) is 5.91 Å². The average molecular weight is 508 g/mol. The van der Waals surface area contributed by atoms with Crippen molar-refractivity contribution in [1.29, 1.82) is 0 Å². The number of aryl methyl sites for hydroxylation is 1. The Hall–Kier alpha value is -3.29. The first-order valence-electron chi connectivity index (χ1n) is 11.5. The van der Waals surface area contributed by atoms with Gasteiger partial charge in [-0.25, -0.2) is 0 Å². The maximum atomic E-state index is 13.9. The summed E-state index contributed by atoms with van der Waals surface area (Å²) in [6.07, 6.45) is 0. The Morgan fingerprint density at radius 3 is 2.63 bits per heavy atom. The molecule has 3 atom stereocenters. The minimum Gasteiger partial charge on any atom is -0.490 e. The number of ether oxygens (including phenoxy) is 2. The second-order valence-electron chi connectivity index (χ2n) is 8.79. The number of carbonyl (C=O) groups is 1. The summed E-state index contributed by atoms with van der Waals surface area (Å²) < 4.78 is 12.6. The van der Waals surface area contributed by atoms with Crippen LogP contribution in [0.5, 0.6) is 11.5 Å². The fourth-order valence-electron chi connectivity index (χ4n) is 4.97. The number of anilines is 2. The second-order valence-corrected chi connectivity index (χ2v) is 9.61. The number of fused-ring (bicyclic) bond motifs is 4. The molecule has 0 aliphatic carbocycles. The molecule has 0 aromatic heterocycles. The number of para-hydroxylation sites is 2. The summed E-state index contributed by atoms with van der Waals surface area (Å²) in [5.74, 6) is 0.415. The lowest BCUT2D eigenvalue weighted by Crippen LogP contribution is -2.72. The van der Waals surface area contributed by atoms with E-state index in [0.29, 0.717) is 33.9 Å². The van der Waals surface area contributed by atoms with Crippen LogP contribution >= 0.6 is 23.8 Å². The molecule has 0 spiro atoms. The number of benzene rings is 3. The maximum absolute atomic E-state index is 13.9. The van der Waals surface area contributed by atoms with Crippen LogP contribution in [0.15, 0.2) is 66.7 Å². The third-order valence-electron chi connectivity index (χ3n) is 6.54. The highest BCUT2D eigenvalue weighted by molar-refractivity contribution is 7.80. The van der Waals surface area contributed by atoms with Crippen molar-refractivity contribution in [2.24, 2.45) is 5.92 Å². The highest BCUT2D eigenvalue weighted by Gasteiger charge is 2.59. The van der Waals surface area contributed by atoms with Gasteiger partial charge in [-0.3, -0.25) is 9.69 Å². The molecule has 1 saturated heterocycles. The monoisotopic (exact) mass is 507 g/mol. The van der Waals surface area contributed by atoms with Crippen molar-refractivity contribution in [3.63, 3.8) is 0 Å². The van der Waals surface area contributed by atoms with E-state index in [1.165, 1.54) is 0 Å². The van der Waals surface area contributed by atoms with E-state index in [-0.39, 0.29) is 5.91 Å². The number of thiocarbonyl (C=S) groups is 1. The van der Waals surface area contributed by atoms with Crippen LogP contribution in [0, 0.1) is 12.8 Å². The van der Waals surface area contributed by atoms with Crippen molar-refractivity contribution in [2.75, 3.05) is 16.8 Å². The molecule has 8 heteroatoms. The third-order valence-corrected chi connectivity index (χ3v) is 7.09. The Bertz CT molecular complexity index is 1300. The second kappa shape index (κ2) is 9.06. The number of rotatable bonds is 5. The molecule has 2 aliphatic rings. The smallest absolute Gasteiger partial charge is 0.236 e. The molecule has 3 unspecified atom stereocenters. The molecule has 35 heavy (non-hydrogen) atoms. The maximum Gasteiger partial charge on any atom is 0.236 e. The number of nitrogens with one attached hydrogen (secondary N) is 2. The molecular weight excluding hydrogens is 482 g/mol. The molecule has 180 valence electrons. The summed E-state index contributed by atoms with van der Waals surface area (Å²) in [5.41, 5.74) is 2.24. The third kappa shape index (κ3) is 3.98. The van der Waals surface area contributed by atoms with Crippen LogP contribution in [-0.2, 0) is 4.79 Å². The fourth-order valence-corrected chi connectivity index (χ4v) is 5.50. The first kappa shape index (κ1) is 23.5. The summed E-state index contributed by atoms with van der Waals surface area (Å²) in [7, 11) is 0. The molecule has 3 aromatic rings. The molecule has 2 bridgehead atoms. The van der Waals surface area contributed by atoms with Gasteiger partial charge in [0.1, 0.15) is 5.92 Å². The van der Waals surface area contributed by atoms with Crippen LogP contribution in [0.3, 0.4) is 0 Å². The van der Waals surface area contributed by atoms with Gasteiger partial charge in [0.25, 0.3) is 0 Å². The molecule has 3 aromatic carbocycles. The number of hydrogen-bond acceptors (Lipinski definition) is 4. The normalized spacial score (nSPS) is 22.5. The average Bonchev–Trinajstić information content (AvgIpc) is 2.82. The summed E-state index contributed by atoms with van der Waals surface area (Å²) >= 11 is 11.9. The van der Waals surface area contributed by atoms with Gasteiger partial charge in [0, 0.05) is 22.0 Å². The minimum atomic E-state index is -1.13. The van der Waals surface area contributed by atoms with Gasteiger partial charge < -0.3 is 20.1 Å². The SMILES string of the molecule is CCOc1cccc2c1OC1(C)C(C(=O)Nc3ccc(Cl)cc3)C2NC(=S)N1c1ccccc1C. The predicted molar refractivity (Wildman–Crippen MR) is 142 cm³/mol. The van der Waals surface area contributed by atoms with Gasteiger partial charge in [0.15, 0.2) is 22.3 Å². The lowest BCUT2D eigenvalue weighted by atomic mass is 9.78. The lowest BCUT2D eigenvalue weighted by molar-refractivity contribution is -0.130. The number of halogens is 1. The molecular formula is C27H26ClN3O3S. The van der Waals surface area contributed by atoms with Gasteiger partial charge >= 0.3 is 0 Å². The molecule has 0 radical (unpaired) electrons. The molecule has 2 aliphatic heterocycles. The molecule has 5 rings (SSSR count). The quantitative estimate of drug-likeness (QED) is 0.423. The van der Waals surface area contributed by atoms with Crippen molar-refractivity contribution < 1.29 is 14.3 Å². The van der Waals surface area contributed by atoms with Crippen LogP contribution in [0.2, 0.25) is 5.02 Å². The zero-order valence-electron chi connectivity index (χ0n) is 19.7. The highest BCUT2D eigenvalue weighted by Crippen LogP contribution is 2.52. The van der Waals surface area contributed by atoms with Crippen LogP contribution in [0.25, 0.3) is 0 Å². The summed E-state index contributed by atoms with van der Waals surface area (Å²) in [6.45, 7) is 6.35. The number of carbonyl (C=O) groups excluding carboxylic acids is 1. The van der Waals surface area contributed by atoms with Gasteiger partial charge in [-0.2, -0.15) is 0 Å². The van der Waals surface area contributed by atoms with E-state index >= 15 is 0 Å².